The van der Waals surface area contributed by atoms with Crippen molar-refractivity contribution in [2.24, 2.45) is 0 Å². The molecule has 0 aliphatic heterocycles. The van der Waals surface area contributed by atoms with Crippen LogP contribution in [0.5, 0.6) is 0 Å². The molecule has 1 rings (SSSR count). The molecular weight excluding hydrogens is 368 g/mol. The largest absolute Gasteiger partial charge is 0.499 e. The maximum atomic E-state index is 11.2. The zero-order valence-corrected chi connectivity index (χ0v) is 15.1. The number of halogens is 2. The van der Waals surface area contributed by atoms with Gasteiger partial charge in [-0.3, -0.25) is 4.79 Å². The monoisotopic (exact) mass is 389 g/mol. The summed E-state index contributed by atoms with van der Waals surface area (Å²) < 4.78 is 4.80. The Labute approximate surface area is 153 Å². The average Bonchev–Trinajstić information content (AvgIpc) is 2.48. The van der Waals surface area contributed by atoms with Gasteiger partial charge in [-0.05, 0) is 37.1 Å². The third-order valence-corrected chi connectivity index (χ3v) is 3.46. The number of nitrogens with zero attached hydrogens (tertiary/aromatic N) is 1. The van der Waals surface area contributed by atoms with Crippen molar-refractivity contribution in [3.8, 4) is 0 Å². The molecule has 0 aliphatic rings. The second kappa shape index (κ2) is 13.1. The molecule has 0 aliphatic carbocycles. The second-order valence-corrected chi connectivity index (χ2v) is 5.36. The Morgan fingerprint density at radius 2 is 1.73 bits per heavy atom. The summed E-state index contributed by atoms with van der Waals surface area (Å²) in [5, 5.41) is 0. The van der Waals surface area contributed by atoms with Crippen molar-refractivity contribution >= 4 is 34.9 Å². The van der Waals surface area contributed by atoms with Gasteiger partial charge in [-0.1, -0.05) is 12.1 Å². The Kier molecular flexibility index (Phi) is 12.8. The van der Waals surface area contributed by atoms with Crippen LogP contribution in [0.1, 0.15) is 18.4 Å². The molecule has 1 radical (unpaired) electrons. The molecule has 0 atom stereocenters. The van der Waals surface area contributed by atoms with Crippen molar-refractivity contribution in [3.63, 3.8) is 0 Å². The molecule has 0 spiro atoms. The number of rotatable bonds is 10. The number of ether oxygens (including phenoxy) is 1. The van der Waals surface area contributed by atoms with Crippen LogP contribution in [-0.4, -0.2) is 37.4 Å². The first-order chi connectivity index (χ1) is 10.2. The minimum absolute atomic E-state index is 0. The Balaban J connectivity index is 0.00000441. The van der Waals surface area contributed by atoms with E-state index in [0.717, 1.165) is 31.6 Å². The third-order valence-electron chi connectivity index (χ3n) is 3.12. The van der Waals surface area contributed by atoms with E-state index < -0.39 is 0 Å². The van der Waals surface area contributed by atoms with E-state index in [4.69, 9.17) is 27.9 Å². The van der Waals surface area contributed by atoms with Crippen molar-refractivity contribution in [2.75, 3.05) is 36.4 Å². The van der Waals surface area contributed by atoms with Gasteiger partial charge >= 0.3 is 5.97 Å². The van der Waals surface area contributed by atoms with Crippen LogP contribution in [0.25, 0.3) is 0 Å². The Hall–Kier alpha value is -0.424. The smallest absolute Gasteiger partial charge is 0.303 e. The summed E-state index contributed by atoms with van der Waals surface area (Å²) in [7, 11) is 0. The molecule has 127 valence electrons. The van der Waals surface area contributed by atoms with Crippen LogP contribution in [-0.2, 0) is 32.7 Å². The van der Waals surface area contributed by atoms with E-state index in [1.165, 1.54) is 5.56 Å². The summed E-state index contributed by atoms with van der Waals surface area (Å²) >= 11 is 11.6. The summed E-state index contributed by atoms with van der Waals surface area (Å²) in [6.45, 7) is 5.25. The maximum absolute atomic E-state index is 11.2. The molecule has 0 heterocycles. The van der Waals surface area contributed by atoms with Gasteiger partial charge in [0.2, 0.25) is 0 Å². The van der Waals surface area contributed by atoms with Gasteiger partial charge < -0.3 is 16.6 Å². The van der Waals surface area contributed by atoms with Gasteiger partial charge in [0, 0.05) is 53.7 Å². The fourth-order valence-electron chi connectivity index (χ4n) is 2.07. The minimum atomic E-state index is -0.183. The van der Waals surface area contributed by atoms with E-state index >= 15 is 0 Å². The molecule has 1 aromatic rings. The molecule has 6 heteroatoms. The normalized spacial score (nSPS) is 9.95. The van der Waals surface area contributed by atoms with Crippen LogP contribution in [0.2, 0.25) is 0 Å². The molecule has 0 aromatic heterocycles. The molecule has 0 saturated heterocycles. The molecule has 3 nitrogen and oxygen atoms in total. The Morgan fingerprint density at radius 1 is 1.14 bits per heavy atom. The third kappa shape index (κ3) is 8.27. The van der Waals surface area contributed by atoms with Crippen LogP contribution in [0, 0.1) is 6.92 Å². The predicted molar refractivity (Wildman–Crippen MR) is 89.3 cm³/mol. The number of aryl methyl sites for hydroxylation is 1. The van der Waals surface area contributed by atoms with E-state index in [1.54, 1.807) is 0 Å². The number of alkyl halides is 2. The Bertz CT molecular complexity index is 409. The fourth-order valence-corrected chi connectivity index (χ4v) is 2.48. The quantitative estimate of drug-likeness (QED) is 0.347. The summed E-state index contributed by atoms with van der Waals surface area (Å²) in [4.78, 5) is 13.4. The molecule has 0 saturated carbocycles. The van der Waals surface area contributed by atoms with E-state index in [9.17, 15) is 4.79 Å². The first kappa shape index (κ1) is 21.6. The topological polar surface area (TPSA) is 29.5 Å². The summed E-state index contributed by atoms with van der Waals surface area (Å²) in [5.41, 5.74) is 2.33. The number of esters is 1. The van der Waals surface area contributed by atoms with Gasteiger partial charge in [-0.2, -0.15) is 0 Å². The van der Waals surface area contributed by atoms with Crippen LogP contribution in [0.15, 0.2) is 24.3 Å². The van der Waals surface area contributed by atoms with Crippen LogP contribution >= 0.6 is 23.2 Å². The van der Waals surface area contributed by atoms with Crippen molar-refractivity contribution < 1.29 is 26.3 Å². The van der Waals surface area contributed by atoms with Gasteiger partial charge in [0.15, 0.2) is 0 Å². The SMILES string of the molecule is [CH2-]COC(=O)CCCc1ccc(N(CCCl)CCCl)cc1.[Co]. The van der Waals surface area contributed by atoms with E-state index in [2.05, 4.69) is 36.1 Å². The van der Waals surface area contributed by atoms with Gasteiger partial charge in [0.1, 0.15) is 0 Å². The first-order valence-electron chi connectivity index (χ1n) is 7.12. The number of carbonyl (C=O) groups is 1. The maximum Gasteiger partial charge on any atom is 0.303 e. The van der Waals surface area contributed by atoms with E-state index in [1.807, 2.05) is 0 Å². The molecule has 1 aromatic carbocycles. The first-order valence-corrected chi connectivity index (χ1v) is 8.19. The van der Waals surface area contributed by atoms with Crippen molar-refractivity contribution in [1.82, 2.24) is 0 Å². The van der Waals surface area contributed by atoms with Crippen molar-refractivity contribution in [3.05, 3.63) is 36.8 Å². The standard InChI is InChI=1S/C16H22Cl2NO2.Co/c1-2-21-16(20)5-3-4-14-6-8-15(9-7-14)19(12-10-17)13-11-18;/h6-9H,1-5,10-13H2;/q-1;. The summed E-state index contributed by atoms with van der Waals surface area (Å²) in [6.07, 6.45) is 2.07. The van der Waals surface area contributed by atoms with Gasteiger partial charge in [-0.25, -0.2) is 0 Å². The van der Waals surface area contributed by atoms with E-state index in [0.29, 0.717) is 18.2 Å². The summed E-state index contributed by atoms with van der Waals surface area (Å²) in [5.74, 6) is 0.970. The molecule has 0 N–H and O–H groups in total. The van der Waals surface area contributed by atoms with Gasteiger partial charge in [0.25, 0.3) is 0 Å². The van der Waals surface area contributed by atoms with E-state index in [-0.39, 0.29) is 29.4 Å². The Morgan fingerprint density at radius 3 is 2.23 bits per heavy atom. The molecular formula is C16H22Cl2CoNO2-. The molecule has 0 bridgehead atoms. The molecule has 0 amide bonds. The van der Waals surface area contributed by atoms with Crippen molar-refractivity contribution in [1.29, 1.82) is 0 Å². The molecule has 0 unspecified atom stereocenters. The van der Waals surface area contributed by atoms with Crippen LogP contribution < -0.4 is 4.90 Å². The fraction of sp³-hybridized carbons (Fsp3) is 0.500. The van der Waals surface area contributed by atoms with Crippen LogP contribution in [0.3, 0.4) is 0 Å². The number of carbonyl (C=O) groups excluding carboxylic acids is 1. The van der Waals surface area contributed by atoms with Gasteiger partial charge in [-0.15, -0.1) is 23.2 Å². The predicted octanol–water partition coefficient (Wildman–Crippen LogP) is 3.67. The number of hydrogen-bond acceptors (Lipinski definition) is 3. The zero-order valence-electron chi connectivity index (χ0n) is 12.5. The molecule has 0 fully saturated rings. The number of benzene rings is 1. The summed E-state index contributed by atoms with van der Waals surface area (Å²) in [6, 6.07) is 8.31. The van der Waals surface area contributed by atoms with Crippen molar-refractivity contribution in [2.45, 2.75) is 19.3 Å². The number of anilines is 1. The zero-order chi connectivity index (χ0) is 15.5. The van der Waals surface area contributed by atoms with Crippen LogP contribution in [0.4, 0.5) is 5.69 Å². The average molecular weight is 390 g/mol. The molecule has 22 heavy (non-hydrogen) atoms. The second-order valence-electron chi connectivity index (χ2n) is 4.61. The van der Waals surface area contributed by atoms with Gasteiger partial charge in [0.05, 0.1) is 0 Å². The number of hydrogen-bond donors (Lipinski definition) is 0. The minimum Gasteiger partial charge on any atom is -0.499 e.